The molecule has 0 aromatic carbocycles. The Morgan fingerprint density at radius 1 is 1.42 bits per heavy atom. The van der Waals surface area contributed by atoms with Crippen LogP contribution < -0.4 is 0 Å². The molecule has 1 aliphatic heterocycles. The number of hydrogen-bond donors (Lipinski definition) is 0. The van der Waals surface area contributed by atoms with Gasteiger partial charge in [-0.25, -0.2) is 0 Å². The quantitative estimate of drug-likeness (QED) is 0.657. The smallest absolute Gasteiger partial charge is 0.303 e. The third-order valence-corrected chi connectivity index (χ3v) is 1.96. The molecule has 1 saturated heterocycles. The van der Waals surface area contributed by atoms with E-state index in [0.29, 0.717) is 0 Å². The molecule has 0 radical (unpaired) electrons. The first-order chi connectivity index (χ1) is 5.51. The lowest BCUT2D eigenvalue weighted by Gasteiger charge is -2.38. The van der Waals surface area contributed by atoms with E-state index < -0.39 is 6.36 Å². The molecule has 0 spiro atoms. The van der Waals surface area contributed by atoms with E-state index in [9.17, 15) is 13.2 Å². The van der Waals surface area contributed by atoms with Crippen LogP contribution in [-0.2, 0) is 4.74 Å². The maximum atomic E-state index is 11.5. The van der Waals surface area contributed by atoms with E-state index in [1.54, 1.807) is 0 Å². The Kier molecular flexibility index (Phi) is 2.95. The van der Waals surface area contributed by atoms with Crippen LogP contribution in [0.5, 0.6) is 0 Å². The average Bonchev–Trinajstić information content (AvgIpc) is 1.82. The van der Waals surface area contributed by atoms with Gasteiger partial charge in [0.05, 0.1) is 6.61 Å². The SMILES string of the molecule is CCN1CC(COC(F)(F)F)C1. The molecule has 0 unspecified atom stereocenters. The summed E-state index contributed by atoms with van der Waals surface area (Å²) >= 11 is 0. The molecule has 0 N–H and O–H groups in total. The van der Waals surface area contributed by atoms with Gasteiger partial charge in [-0.2, -0.15) is 0 Å². The third kappa shape index (κ3) is 2.98. The molecule has 12 heavy (non-hydrogen) atoms. The maximum Gasteiger partial charge on any atom is 0.522 e. The van der Waals surface area contributed by atoms with Crippen LogP contribution in [0.1, 0.15) is 6.92 Å². The number of halogens is 3. The highest BCUT2D eigenvalue weighted by atomic mass is 19.4. The van der Waals surface area contributed by atoms with Crippen molar-refractivity contribution in [2.45, 2.75) is 13.3 Å². The van der Waals surface area contributed by atoms with E-state index in [1.807, 2.05) is 6.92 Å². The molecule has 0 bridgehead atoms. The van der Waals surface area contributed by atoms with E-state index in [1.165, 1.54) is 0 Å². The van der Waals surface area contributed by atoms with Crippen LogP contribution in [0.3, 0.4) is 0 Å². The Labute approximate surface area is 69.3 Å². The van der Waals surface area contributed by atoms with Crippen molar-refractivity contribution >= 4 is 0 Å². The predicted octanol–water partition coefficient (Wildman–Crippen LogP) is 1.47. The molecule has 2 nitrogen and oxygen atoms in total. The number of ether oxygens (including phenoxy) is 1. The van der Waals surface area contributed by atoms with E-state index >= 15 is 0 Å². The lowest BCUT2D eigenvalue weighted by atomic mass is 10.0. The van der Waals surface area contributed by atoms with Gasteiger partial charge in [0.15, 0.2) is 0 Å². The summed E-state index contributed by atoms with van der Waals surface area (Å²) in [6.07, 6.45) is -4.47. The summed E-state index contributed by atoms with van der Waals surface area (Å²) in [5.41, 5.74) is 0. The van der Waals surface area contributed by atoms with Gasteiger partial charge in [-0.1, -0.05) is 6.92 Å². The van der Waals surface area contributed by atoms with Crippen LogP contribution >= 0.6 is 0 Å². The Balaban J connectivity index is 2.04. The minimum atomic E-state index is -4.47. The van der Waals surface area contributed by atoms with Gasteiger partial charge in [0, 0.05) is 19.0 Å². The molecule has 0 saturated carbocycles. The van der Waals surface area contributed by atoms with E-state index in [2.05, 4.69) is 9.64 Å². The van der Waals surface area contributed by atoms with Gasteiger partial charge in [-0.15, -0.1) is 13.2 Å². The zero-order valence-electron chi connectivity index (χ0n) is 6.90. The summed E-state index contributed by atoms with van der Waals surface area (Å²) in [7, 11) is 0. The fourth-order valence-electron chi connectivity index (χ4n) is 1.25. The van der Waals surface area contributed by atoms with Crippen LogP contribution in [0.25, 0.3) is 0 Å². The highest BCUT2D eigenvalue weighted by Gasteiger charge is 2.33. The molecule has 1 aliphatic rings. The molecule has 1 fully saturated rings. The van der Waals surface area contributed by atoms with Gasteiger partial charge in [0.1, 0.15) is 0 Å². The van der Waals surface area contributed by atoms with Crippen LogP contribution in [0, 0.1) is 5.92 Å². The minimum Gasteiger partial charge on any atom is -0.303 e. The highest BCUT2D eigenvalue weighted by Crippen LogP contribution is 2.21. The molecule has 1 heterocycles. The van der Waals surface area contributed by atoms with Crippen molar-refractivity contribution < 1.29 is 17.9 Å². The lowest BCUT2D eigenvalue weighted by molar-refractivity contribution is -0.331. The van der Waals surface area contributed by atoms with Crippen molar-refractivity contribution in [1.82, 2.24) is 4.90 Å². The average molecular weight is 183 g/mol. The first-order valence-electron chi connectivity index (χ1n) is 3.94. The normalized spacial score (nSPS) is 21.0. The van der Waals surface area contributed by atoms with Crippen molar-refractivity contribution in [1.29, 1.82) is 0 Å². The number of rotatable bonds is 3. The second kappa shape index (κ2) is 3.62. The molecule has 0 amide bonds. The molecule has 0 aliphatic carbocycles. The van der Waals surface area contributed by atoms with Gasteiger partial charge in [-0.3, -0.25) is 4.74 Å². The fourth-order valence-corrected chi connectivity index (χ4v) is 1.25. The zero-order chi connectivity index (χ0) is 9.19. The first-order valence-corrected chi connectivity index (χ1v) is 3.94. The molecule has 0 aromatic rings. The van der Waals surface area contributed by atoms with Crippen LogP contribution in [0.4, 0.5) is 13.2 Å². The second-order valence-electron chi connectivity index (χ2n) is 2.97. The summed E-state index contributed by atoms with van der Waals surface area (Å²) in [5, 5.41) is 0. The summed E-state index contributed by atoms with van der Waals surface area (Å²) in [6.45, 7) is 4.16. The Morgan fingerprint density at radius 3 is 2.42 bits per heavy atom. The van der Waals surface area contributed by atoms with Crippen molar-refractivity contribution in [3.63, 3.8) is 0 Å². The zero-order valence-corrected chi connectivity index (χ0v) is 6.90. The van der Waals surface area contributed by atoms with Crippen molar-refractivity contribution in [2.75, 3.05) is 26.2 Å². The number of likely N-dealkylation sites (tertiary alicyclic amines) is 1. The van der Waals surface area contributed by atoms with E-state index in [4.69, 9.17) is 0 Å². The third-order valence-electron chi connectivity index (χ3n) is 1.96. The standard InChI is InChI=1S/C7H12F3NO/c1-2-11-3-6(4-11)5-12-7(8,9)10/h6H,2-5H2,1H3. The number of alkyl halides is 3. The molecule has 0 aromatic heterocycles. The Bertz CT molecular complexity index is 142. The van der Waals surface area contributed by atoms with Crippen LogP contribution in [0.2, 0.25) is 0 Å². The van der Waals surface area contributed by atoms with Crippen molar-refractivity contribution in [3.8, 4) is 0 Å². The van der Waals surface area contributed by atoms with Crippen molar-refractivity contribution in [3.05, 3.63) is 0 Å². The monoisotopic (exact) mass is 183 g/mol. The Hall–Kier alpha value is -0.290. The van der Waals surface area contributed by atoms with Gasteiger partial charge >= 0.3 is 6.36 Å². The summed E-state index contributed by atoms with van der Waals surface area (Å²) < 4.78 is 38.3. The predicted molar refractivity (Wildman–Crippen MR) is 37.6 cm³/mol. The van der Waals surface area contributed by atoms with Crippen molar-refractivity contribution in [2.24, 2.45) is 5.92 Å². The molecule has 5 heteroatoms. The van der Waals surface area contributed by atoms with Crippen LogP contribution in [0.15, 0.2) is 0 Å². The number of nitrogens with zero attached hydrogens (tertiary/aromatic N) is 1. The van der Waals surface area contributed by atoms with E-state index in [-0.39, 0.29) is 12.5 Å². The molecule has 1 rings (SSSR count). The molecular weight excluding hydrogens is 171 g/mol. The van der Waals surface area contributed by atoms with Crippen LogP contribution in [-0.4, -0.2) is 37.5 Å². The lowest BCUT2D eigenvalue weighted by Crippen LogP contribution is -2.48. The van der Waals surface area contributed by atoms with Gasteiger partial charge in [0.25, 0.3) is 0 Å². The molecule has 0 atom stereocenters. The van der Waals surface area contributed by atoms with Gasteiger partial charge in [-0.05, 0) is 6.54 Å². The molecular formula is C7H12F3NO. The second-order valence-corrected chi connectivity index (χ2v) is 2.97. The largest absolute Gasteiger partial charge is 0.522 e. The molecule has 72 valence electrons. The Morgan fingerprint density at radius 2 is 2.00 bits per heavy atom. The fraction of sp³-hybridized carbons (Fsp3) is 1.00. The van der Waals surface area contributed by atoms with E-state index in [0.717, 1.165) is 19.6 Å². The summed E-state index contributed by atoms with van der Waals surface area (Å²) in [4.78, 5) is 2.07. The number of hydrogen-bond acceptors (Lipinski definition) is 2. The van der Waals surface area contributed by atoms with Gasteiger partial charge < -0.3 is 4.90 Å². The maximum absolute atomic E-state index is 11.5. The summed E-state index contributed by atoms with van der Waals surface area (Å²) in [5.74, 6) is 0.0616. The minimum absolute atomic E-state index is 0.0616. The highest BCUT2D eigenvalue weighted by molar-refractivity contribution is 4.78. The topological polar surface area (TPSA) is 12.5 Å². The first kappa shape index (κ1) is 9.80. The van der Waals surface area contributed by atoms with Gasteiger partial charge in [0.2, 0.25) is 0 Å². The summed E-state index contributed by atoms with van der Waals surface area (Å²) in [6, 6.07) is 0.